The highest BCUT2D eigenvalue weighted by Gasteiger charge is 2.19. The van der Waals surface area contributed by atoms with Crippen LogP contribution in [0.15, 0.2) is 134 Å². The van der Waals surface area contributed by atoms with Gasteiger partial charge in [-0.05, 0) is 103 Å². The molecule has 0 aliphatic rings. The van der Waals surface area contributed by atoms with E-state index in [1.807, 2.05) is 36.5 Å². The van der Waals surface area contributed by atoms with E-state index in [0.717, 1.165) is 122 Å². The smallest absolute Gasteiger partial charge is 0.306 e. The third kappa shape index (κ3) is 52.4. The van der Waals surface area contributed by atoms with Gasteiger partial charge < -0.3 is 14.2 Å². The lowest BCUT2D eigenvalue weighted by molar-refractivity contribution is -0.167. The van der Waals surface area contributed by atoms with Gasteiger partial charge in [0.25, 0.3) is 0 Å². The largest absolute Gasteiger partial charge is 0.462 e. The van der Waals surface area contributed by atoms with Gasteiger partial charge in [-0.3, -0.25) is 14.4 Å². The molecule has 0 rings (SSSR count). The van der Waals surface area contributed by atoms with E-state index in [2.05, 4.69) is 118 Å². The number of allylic oxidation sites excluding steroid dienone is 22. The van der Waals surface area contributed by atoms with Crippen molar-refractivity contribution in [2.75, 3.05) is 13.2 Å². The molecule has 1 atom stereocenters. The van der Waals surface area contributed by atoms with Crippen molar-refractivity contribution in [1.82, 2.24) is 0 Å². The van der Waals surface area contributed by atoms with Gasteiger partial charge in [0.1, 0.15) is 13.2 Å². The van der Waals surface area contributed by atoms with Crippen LogP contribution < -0.4 is 0 Å². The molecule has 0 spiro atoms. The Balaban J connectivity index is 4.55. The molecule has 0 fully saturated rings. The third-order valence-corrected chi connectivity index (χ3v) is 10.7. The summed E-state index contributed by atoms with van der Waals surface area (Å²) < 4.78 is 16.8. The number of rotatable bonds is 46. The summed E-state index contributed by atoms with van der Waals surface area (Å²) in [7, 11) is 0. The van der Waals surface area contributed by atoms with E-state index in [0.29, 0.717) is 19.3 Å². The van der Waals surface area contributed by atoms with Gasteiger partial charge in [-0.1, -0.05) is 225 Å². The van der Waals surface area contributed by atoms with Crippen molar-refractivity contribution in [3.05, 3.63) is 134 Å². The number of esters is 3. The fraction of sp³-hybridized carbons (Fsp3) is 0.590. The highest BCUT2D eigenvalue weighted by Crippen LogP contribution is 2.13. The summed E-state index contributed by atoms with van der Waals surface area (Å²) in [6, 6.07) is 0. The van der Waals surface area contributed by atoms with Gasteiger partial charge >= 0.3 is 17.9 Å². The van der Waals surface area contributed by atoms with Crippen molar-refractivity contribution < 1.29 is 28.6 Å². The fourth-order valence-corrected chi connectivity index (χ4v) is 6.75. The van der Waals surface area contributed by atoms with Crippen LogP contribution in [0.2, 0.25) is 0 Å². The van der Waals surface area contributed by atoms with Crippen LogP contribution in [-0.4, -0.2) is 37.2 Å². The molecule has 0 aromatic heterocycles. The maximum Gasteiger partial charge on any atom is 0.306 e. The normalized spacial score (nSPS) is 13.2. The number of carbonyl (C=O) groups is 3. The summed E-state index contributed by atoms with van der Waals surface area (Å²) in [6.45, 7) is 6.33. The minimum Gasteiger partial charge on any atom is -0.462 e. The maximum absolute atomic E-state index is 12.8. The first-order valence-corrected chi connectivity index (χ1v) is 26.8. The number of hydrogen-bond acceptors (Lipinski definition) is 6. The van der Waals surface area contributed by atoms with Crippen LogP contribution >= 0.6 is 0 Å². The molecule has 0 saturated heterocycles. The van der Waals surface area contributed by atoms with Crippen molar-refractivity contribution >= 4 is 17.9 Å². The Morgan fingerprint density at radius 3 is 1.13 bits per heavy atom. The van der Waals surface area contributed by atoms with Crippen LogP contribution in [0.5, 0.6) is 0 Å². The molecule has 0 bridgehead atoms. The second-order valence-corrected chi connectivity index (χ2v) is 17.2. The Hall–Kier alpha value is -4.45. The van der Waals surface area contributed by atoms with Gasteiger partial charge in [0.15, 0.2) is 6.10 Å². The van der Waals surface area contributed by atoms with E-state index in [9.17, 15) is 14.4 Å². The number of unbranched alkanes of at least 4 members (excludes halogenated alkanes) is 18. The van der Waals surface area contributed by atoms with E-state index < -0.39 is 6.10 Å². The van der Waals surface area contributed by atoms with Gasteiger partial charge in [0.05, 0.1) is 0 Å². The third-order valence-electron chi connectivity index (χ3n) is 10.7. The van der Waals surface area contributed by atoms with Crippen LogP contribution in [0.1, 0.15) is 213 Å². The number of ether oxygens (including phenoxy) is 3. The zero-order chi connectivity index (χ0) is 48.6. The summed E-state index contributed by atoms with van der Waals surface area (Å²) in [5.41, 5.74) is 0. The van der Waals surface area contributed by atoms with E-state index in [1.165, 1.54) is 44.9 Å². The van der Waals surface area contributed by atoms with Crippen LogP contribution in [-0.2, 0) is 28.6 Å². The molecule has 67 heavy (non-hydrogen) atoms. The van der Waals surface area contributed by atoms with E-state index in [4.69, 9.17) is 14.2 Å². The highest BCUT2D eigenvalue weighted by molar-refractivity contribution is 5.71. The van der Waals surface area contributed by atoms with Crippen LogP contribution in [0, 0.1) is 0 Å². The minimum absolute atomic E-state index is 0.111. The Morgan fingerprint density at radius 2 is 0.672 bits per heavy atom. The second-order valence-electron chi connectivity index (χ2n) is 17.2. The first-order valence-electron chi connectivity index (χ1n) is 26.8. The zero-order valence-electron chi connectivity index (χ0n) is 42.9. The molecule has 0 N–H and O–H groups in total. The van der Waals surface area contributed by atoms with E-state index >= 15 is 0 Å². The lowest BCUT2D eigenvalue weighted by Crippen LogP contribution is -2.30. The van der Waals surface area contributed by atoms with Gasteiger partial charge in [-0.15, -0.1) is 0 Å². The van der Waals surface area contributed by atoms with Crippen LogP contribution in [0.4, 0.5) is 0 Å². The molecule has 0 heterocycles. The Labute approximate surface area is 411 Å². The number of hydrogen-bond donors (Lipinski definition) is 0. The molecule has 376 valence electrons. The molecule has 0 aromatic rings. The molecule has 0 aliphatic carbocycles. The zero-order valence-corrected chi connectivity index (χ0v) is 42.9. The lowest BCUT2D eigenvalue weighted by Gasteiger charge is -2.18. The topological polar surface area (TPSA) is 78.9 Å². The Bertz CT molecular complexity index is 1480. The Kier molecular flexibility index (Phi) is 50.6. The molecule has 0 amide bonds. The fourth-order valence-electron chi connectivity index (χ4n) is 6.75. The lowest BCUT2D eigenvalue weighted by atomic mass is 10.1. The van der Waals surface area contributed by atoms with E-state index in [1.54, 1.807) is 0 Å². The van der Waals surface area contributed by atoms with Crippen LogP contribution in [0.25, 0.3) is 0 Å². The first-order chi connectivity index (χ1) is 33.0. The summed E-state index contributed by atoms with van der Waals surface area (Å²) in [5, 5.41) is 0. The van der Waals surface area contributed by atoms with Crippen LogP contribution in [0.3, 0.4) is 0 Å². The maximum atomic E-state index is 12.8. The van der Waals surface area contributed by atoms with Crippen molar-refractivity contribution in [2.24, 2.45) is 0 Å². The molecule has 0 aliphatic heterocycles. The van der Waals surface area contributed by atoms with E-state index in [-0.39, 0.29) is 37.5 Å². The predicted octanol–water partition coefficient (Wildman–Crippen LogP) is 17.9. The van der Waals surface area contributed by atoms with Crippen molar-refractivity contribution in [2.45, 2.75) is 219 Å². The summed E-state index contributed by atoms with van der Waals surface area (Å²) in [5.74, 6) is -0.986. The molecule has 0 aromatic carbocycles. The molecule has 0 radical (unpaired) electrons. The average Bonchev–Trinajstić information content (AvgIpc) is 3.33. The predicted molar refractivity (Wildman–Crippen MR) is 288 cm³/mol. The number of carbonyl (C=O) groups excluding carboxylic acids is 3. The molecular formula is C61H96O6. The quantitative estimate of drug-likeness (QED) is 0.0199. The monoisotopic (exact) mass is 925 g/mol. The molecule has 6 nitrogen and oxygen atoms in total. The van der Waals surface area contributed by atoms with Gasteiger partial charge in [0.2, 0.25) is 0 Å². The standard InChI is InChI=1S/C61H96O6/c1-4-7-10-13-16-19-22-25-28-30-31-34-36-39-42-45-48-51-54-60(63)66-57-58(56-65-59(62)53-50-47-44-41-38-35-32-27-24-21-18-15-12-9-6-3)67-61(64)55-52-49-46-43-40-37-33-29-26-23-20-17-14-11-8-5-2/h8,10-11,13,16-22,24-31,34,37,40,58H,4-7,9,12,14-15,23,32-33,35-36,38-39,41-57H2,1-3H3/b11-8-,13-10-,19-16-,20-17-,21-18-,25-22-,27-24-,29-26-,30-28-,34-31-,40-37-. The minimum atomic E-state index is -0.816. The van der Waals surface area contributed by atoms with Crippen molar-refractivity contribution in [3.63, 3.8) is 0 Å². The van der Waals surface area contributed by atoms with Crippen molar-refractivity contribution in [3.8, 4) is 0 Å². The SMILES string of the molecule is CC/C=C\C/C=C\C/C=C\C/C=C\CCCCCC(=O)OC(COC(=O)CCCCCCC\C=C/C=C\C=C/C=C\C=C/CCC)COC(=O)CCCCCCCC/C=C\C=C/CCCCC. The Morgan fingerprint density at radius 1 is 0.328 bits per heavy atom. The summed E-state index contributed by atoms with van der Waals surface area (Å²) in [4.78, 5) is 38.1. The average molecular weight is 925 g/mol. The molecule has 1 unspecified atom stereocenters. The van der Waals surface area contributed by atoms with Gasteiger partial charge in [-0.25, -0.2) is 0 Å². The molecular weight excluding hydrogens is 829 g/mol. The molecule has 6 heteroatoms. The van der Waals surface area contributed by atoms with Crippen molar-refractivity contribution in [1.29, 1.82) is 0 Å². The molecule has 0 saturated carbocycles. The van der Waals surface area contributed by atoms with Gasteiger partial charge in [0, 0.05) is 19.3 Å². The second kappa shape index (κ2) is 54.2. The highest BCUT2D eigenvalue weighted by atomic mass is 16.6. The summed E-state index contributed by atoms with van der Waals surface area (Å²) >= 11 is 0. The first kappa shape index (κ1) is 62.5. The summed E-state index contributed by atoms with van der Waals surface area (Å²) in [6.07, 6.45) is 75.6. The van der Waals surface area contributed by atoms with Gasteiger partial charge in [-0.2, -0.15) is 0 Å².